The number of benzene rings is 3. The molecular weight excluding hydrogens is 504 g/mol. The highest BCUT2D eigenvalue weighted by Gasteiger charge is 2.46. The van der Waals surface area contributed by atoms with Gasteiger partial charge in [-0.2, -0.15) is 0 Å². The Morgan fingerprint density at radius 1 is 0.974 bits per heavy atom. The monoisotopic (exact) mass is 534 g/mol. The normalized spacial score (nSPS) is 16.8. The van der Waals surface area contributed by atoms with Gasteiger partial charge in [0.25, 0.3) is 11.7 Å². The molecule has 0 aliphatic carbocycles. The summed E-state index contributed by atoms with van der Waals surface area (Å²) in [6, 6.07) is 21.1. The highest BCUT2D eigenvalue weighted by molar-refractivity contribution is 6.47. The van der Waals surface area contributed by atoms with Gasteiger partial charge in [-0.15, -0.1) is 0 Å². The second-order valence-electron chi connectivity index (χ2n) is 9.22. The van der Waals surface area contributed by atoms with Gasteiger partial charge < -0.3 is 24.4 Å². The molecule has 7 nitrogen and oxygen atoms in total. The molecule has 0 aromatic heterocycles. The van der Waals surface area contributed by atoms with Crippen molar-refractivity contribution < 1.29 is 24.2 Å². The Kier molecular flexibility index (Phi) is 8.71. The zero-order valence-corrected chi connectivity index (χ0v) is 22.4. The number of likely N-dealkylation sites (tertiary alicyclic amines) is 1. The number of likely N-dealkylation sites (N-methyl/N-ethyl adjacent to an activating group) is 1. The third-order valence-electron chi connectivity index (χ3n) is 6.25. The van der Waals surface area contributed by atoms with Gasteiger partial charge in [0.15, 0.2) is 0 Å². The fraction of sp³-hybridized carbons (Fsp3) is 0.267. The molecule has 1 fully saturated rings. The molecule has 0 spiro atoms. The van der Waals surface area contributed by atoms with E-state index in [1.54, 1.807) is 24.3 Å². The molecule has 0 bridgehead atoms. The minimum atomic E-state index is -0.818. The van der Waals surface area contributed by atoms with Gasteiger partial charge in [0.05, 0.1) is 23.2 Å². The first-order valence-corrected chi connectivity index (χ1v) is 12.8. The van der Waals surface area contributed by atoms with E-state index < -0.39 is 17.7 Å². The molecule has 38 heavy (non-hydrogen) atoms. The highest BCUT2D eigenvalue weighted by atomic mass is 35.5. The van der Waals surface area contributed by atoms with Crippen molar-refractivity contribution in [3.8, 4) is 11.5 Å². The lowest BCUT2D eigenvalue weighted by molar-refractivity contribution is -0.140. The maximum atomic E-state index is 13.3. The smallest absolute Gasteiger partial charge is 0.295 e. The second-order valence-corrected chi connectivity index (χ2v) is 9.62. The zero-order chi connectivity index (χ0) is 27.2. The van der Waals surface area contributed by atoms with E-state index >= 15 is 0 Å². The summed E-state index contributed by atoms with van der Waals surface area (Å²) in [5.74, 6) is -0.706. The van der Waals surface area contributed by atoms with Crippen molar-refractivity contribution in [3.63, 3.8) is 0 Å². The first-order valence-electron chi connectivity index (χ1n) is 12.4. The minimum absolute atomic E-state index is 0.0236. The number of Topliss-reactive ketones (excluding diaryl/α,β-unsaturated/α-hetero) is 1. The summed E-state index contributed by atoms with van der Waals surface area (Å²) in [5.41, 5.74) is 1.86. The van der Waals surface area contributed by atoms with E-state index in [1.807, 2.05) is 74.4 Å². The Morgan fingerprint density at radius 3 is 2.42 bits per heavy atom. The lowest BCUT2D eigenvalue weighted by Crippen LogP contribution is -2.35. The number of nitrogens with zero attached hydrogens (tertiary/aromatic N) is 2. The van der Waals surface area contributed by atoms with Gasteiger partial charge in [-0.1, -0.05) is 54.1 Å². The van der Waals surface area contributed by atoms with Crippen molar-refractivity contribution in [1.29, 1.82) is 0 Å². The van der Waals surface area contributed by atoms with Gasteiger partial charge in [-0.3, -0.25) is 9.59 Å². The molecule has 3 aromatic carbocycles. The van der Waals surface area contributed by atoms with Gasteiger partial charge in [0.1, 0.15) is 23.9 Å². The van der Waals surface area contributed by atoms with Crippen LogP contribution in [0.2, 0.25) is 5.02 Å². The van der Waals surface area contributed by atoms with E-state index in [1.165, 1.54) is 4.90 Å². The Morgan fingerprint density at radius 2 is 1.71 bits per heavy atom. The number of carbonyl (C=O) groups excluding carboxylic acids is 2. The van der Waals surface area contributed by atoms with Crippen LogP contribution < -0.4 is 9.47 Å². The highest BCUT2D eigenvalue weighted by Crippen LogP contribution is 2.41. The summed E-state index contributed by atoms with van der Waals surface area (Å²) in [5, 5.41) is 11.7. The lowest BCUT2D eigenvalue weighted by atomic mass is 9.95. The van der Waals surface area contributed by atoms with E-state index in [0.29, 0.717) is 43.4 Å². The number of halogens is 1. The number of carbonyl (C=O) groups is 2. The van der Waals surface area contributed by atoms with Crippen LogP contribution in [0.4, 0.5) is 0 Å². The zero-order valence-electron chi connectivity index (χ0n) is 21.7. The van der Waals surface area contributed by atoms with Crippen LogP contribution in [0.15, 0.2) is 78.4 Å². The van der Waals surface area contributed by atoms with Crippen LogP contribution in [0, 0.1) is 0 Å². The maximum Gasteiger partial charge on any atom is 0.295 e. The molecule has 3 aromatic rings. The van der Waals surface area contributed by atoms with E-state index in [9.17, 15) is 14.7 Å². The predicted octanol–water partition coefficient (Wildman–Crippen LogP) is 5.30. The van der Waals surface area contributed by atoms with Crippen molar-refractivity contribution in [2.45, 2.75) is 19.6 Å². The summed E-state index contributed by atoms with van der Waals surface area (Å²) in [7, 11) is 3.78. The Hall–Kier alpha value is -3.81. The number of hydrogen-bond acceptors (Lipinski definition) is 6. The molecule has 1 unspecified atom stereocenters. The quantitative estimate of drug-likeness (QED) is 0.216. The van der Waals surface area contributed by atoms with Crippen LogP contribution in [-0.4, -0.2) is 60.4 Å². The molecule has 1 heterocycles. The number of hydrogen-bond donors (Lipinski definition) is 1. The summed E-state index contributed by atoms with van der Waals surface area (Å²) in [6.07, 6.45) is 0. The molecule has 1 aliphatic rings. The predicted molar refractivity (Wildman–Crippen MR) is 147 cm³/mol. The van der Waals surface area contributed by atoms with E-state index in [-0.39, 0.29) is 21.9 Å². The average molecular weight is 535 g/mol. The van der Waals surface area contributed by atoms with Gasteiger partial charge >= 0.3 is 0 Å². The molecule has 0 saturated carbocycles. The third-order valence-corrected chi connectivity index (χ3v) is 6.58. The lowest BCUT2D eigenvalue weighted by Gasteiger charge is -2.27. The van der Waals surface area contributed by atoms with E-state index in [0.717, 1.165) is 5.56 Å². The van der Waals surface area contributed by atoms with E-state index in [4.69, 9.17) is 21.1 Å². The number of amides is 1. The standard InChI is InChI=1S/C30H31ClN2O5/c1-4-37-23-13-14-25(31)24(18-23)28(34)26-27(33(16-15-32(2)3)30(36)29(26)35)21-11-8-12-22(17-21)38-19-20-9-6-5-7-10-20/h5-14,17-18,27,34H,4,15-16,19H2,1-3H3/b28-26+. The van der Waals surface area contributed by atoms with Crippen molar-refractivity contribution in [2.75, 3.05) is 33.8 Å². The molecule has 0 radical (unpaired) electrons. The van der Waals surface area contributed by atoms with Crippen LogP contribution in [0.5, 0.6) is 11.5 Å². The molecule has 1 atom stereocenters. The van der Waals surface area contributed by atoms with Gasteiger partial charge in [-0.05, 0) is 62.5 Å². The molecular formula is C30H31ClN2O5. The number of ether oxygens (including phenoxy) is 2. The summed E-state index contributed by atoms with van der Waals surface area (Å²) >= 11 is 6.43. The molecule has 1 amide bonds. The van der Waals surface area contributed by atoms with Crippen molar-refractivity contribution in [2.24, 2.45) is 0 Å². The third kappa shape index (κ3) is 6.01. The van der Waals surface area contributed by atoms with Gasteiger partial charge in [0, 0.05) is 18.7 Å². The molecule has 1 aliphatic heterocycles. The van der Waals surface area contributed by atoms with Crippen molar-refractivity contribution in [1.82, 2.24) is 9.80 Å². The Bertz CT molecular complexity index is 1340. The first kappa shape index (κ1) is 27.2. The Balaban J connectivity index is 1.77. The molecule has 1 saturated heterocycles. The summed E-state index contributed by atoms with van der Waals surface area (Å²) in [4.78, 5) is 30.0. The summed E-state index contributed by atoms with van der Waals surface area (Å²) < 4.78 is 11.6. The fourth-order valence-corrected chi connectivity index (χ4v) is 4.57. The molecule has 4 rings (SSSR count). The number of aliphatic hydroxyl groups excluding tert-OH is 1. The number of rotatable bonds is 10. The SMILES string of the molecule is CCOc1ccc(Cl)c(/C(O)=C2\C(=O)C(=O)N(CCN(C)C)C2c2cccc(OCc3ccccc3)c2)c1. The summed E-state index contributed by atoms with van der Waals surface area (Å²) in [6.45, 7) is 3.46. The number of ketones is 1. The largest absolute Gasteiger partial charge is 0.507 e. The van der Waals surface area contributed by atoms with Crippen LogP contribution in [-0.2, 0) is 16.2 Å². The van der Waals surface area contributed by atoms with Crippen LogP contribution >= 0.6 is 11.6 Å². The Labute approximate surface area is 227 Å². The average Bonchev–Trinajstić information content (AvgIpc) is 3.17. The topological polar surface area (TPSA) is 79.3 Å². The first-order chi connectivity index (χ1) is 18.3. The van der Waals surface area contributed by atoms with Gasteiger partial charge in [0.2, 0.25) is 0 Å². The fourth-order valence-electron chi connectivity index (χ4n) is 4.37. The van der Waals surface area contributed by atoms with Crippen LogP contribution in [0.1, 0.15) is 29.7 Å². The molecule has 1 N–H and O–H groups in total. The minimum Gasteiger partial charge on any atom is -0.507 e. The maximum absolute atomic E-state index is 13.3. The van der Waals surface area contributed by atoms with Crippen LogP contribution in [0.3, 0.4) is 0 Å². The van der Waals surface area contributed by atoms with Crippen molar-refractivity contribution in [3.05, 3.63) is 100 Å². The molecule has 8 heteroatoms. The number of aliphatic hydroxyl groups is 1. The molecule has 198 valence electrons. The van der Waals surface area contributed by atoms with Gasteiger partial charge in [-0.25, -0.2) is 0 Å². The van der Waals surface area contributed by atoms with E-state index in [2.05, 4.69) is 0 Å². The second kappa shape index (κ2) is 12.2. The van der Waals surface area contributed by atoms with Crippen LogP contribution in [0.25, 0.3) is 5.76 Å². The van der Waals surface area contributed by atoms with Crippen molar-refractivity contribution >= 4 is 29.1 Å².